The van der Waals surface area contributed by atoms with Gasteiger partial charge in [-0.05, 0) is 80.1 Å². The van der Waals surface area contributed by atoms with Crippen LogP contribution in [0.1, 0.15) is 25.0 Å². The fraction of sp³-hybridized carbons (Fsp3) is 0.240. The van der Waals surface area contributed by atoms with Crippen molar-refractivity contribution in [3.8, 4) is 17.2 Å². The summed E-state index contributed by atoms with van der Waals surface area (Å²) in [6, 6.07) is 17.9. The van der Waals surface area contributed by atoms with Gasteiger partial charge in [0.05, 0.1) is 10.8 Å². The number of alkyl halides is 3. The van der Waals surface area contributed by atoms with Gasteiger partial charge in [0, 0.05) is 10.8 Å². The van der Waals surface area contributed by atoms with Gasteiger partial charge in [-0.15, -0.1) is 11.8 Å². The van der Waals surface area contributed by atoms with E-state index >= 15 is 0 Å². The van der Waals surface area contributed by atoms with Gasteiger partial charge in [0.25, 0.3) is 0 Å². The first kappa shape index (κ1) is 25.8. The maximum atomic E-state index is 12.7. The summed E-state index contributed by atoms with van der Waals surface area (Å²) < 4.78 is 49.5. The van der Waals surface area contributed by atoms with Crippen LogP contribution in [0, 0.1) is 0 Å². The van der Waals surface area contributed by atoms with Crippen LogP contribution in [-0.4, -0.2) is 21.9 Å². The zero-order valence-corrected chi connectivity index (χ0v) is 19.9. The van der Waals surface area contributed by atoms with E-state index in [1.165, 1.54) is 30.8 Å². The van der Waals surface area contributed by atoms with Crippen molar-refractivity contribution in [3.63, 3.8) is 0 Å². The molecule has 0 saturated carbocycles. The smallest absolute Gasteiger partial charge is 0.416 e. The maximum absolute atomic E-state index is 12.7. The van der Waals surface area contributed by atoms with Gasteiger partial charge in [-0.3, -0.25) is 0 Å². The lowest BCUT2D eigenvalue weighted by Crippen LogP contribution is -2.49. The van der Waals surface area contributed by atoms with Crippen LogP contribution in [0.5, 0.6) is 17.2 Å². The molecule has 3 rings (SSSR count). The summed E-state index contributed by atoms with van der Waals surface area (Å²) in [7, 11) is 0. The van der Waals surface area contributed by atoms with Crippen molar-refractivity contribution in [1.82, 2.24) is 0 Å². The summed E-state index contributed by atoms with van der Waals surface area (Å²) in [4.78, 5) is 12.1. The number of carboxylic acids is 1. The van der Waals surface area contributed by atoms with Crippen LogP contribution < -0.4 is 9.47 Å². The lowest BCUT2D eigenvalue weighted by Gasteiger charge is -2.32. The summed E-state index contributed by atoms with van der Waals surface area (Å²) in [6.45, 7) is 3.30. The molecule has 0 aliphatic rings. The van der Waals surface area contributed by atoms with Gasteiger partial charge in [-0.2, -0.15) is 13.2 Å². The van der Waals surface area contributed by atoms with Crippen molar-refractivity contribution in [2.45, 2.75) is 36.6 Å². The molecule has 180 valence electrons. The first-order valence-corrected chi connectivity index (χ1v) is 11.6. The third kappa shape index (κ3) is 6.61. The molecule has 4 nitrogen and oxygen atoms in total. The van der Waals surface area contributed by atoms with Gasteiger partial charge in [-0.1, -0.05) is 23.7 Å². The van der Waals surface area contributed by atoms with Crippen molar-refractivity contribution in [2.75, 3.05) is 0 Å². The van der Waals surface area contributed by atoms with E-state index < -0.39 is 28.6 Å². The third-order valence-electron chi connectivity index (χ3n) is 5.18. The molecular formula is C25H22ClF3O4S. The fourth-order valence-electron chi connectivity index (χ4n) is 2.93. The largest absolute Gasteiger partial charge is 0.478 e. The molecule has 34 heavy (non-hydrogen) atoms. The molecule has 0 aromatic heterocycles. The summed E-state index contributed by atoms with van der Waals surface area (Å²) in [6.07, 6.45) is -4.42. The van der Waals surface area contributed by atoms with Gasteiger partial charge < -0.3 is 14.6 Å². The second-order valence-electron chi connectivity index (χ2n) is 7.69. The SMILES string of the molecule is CC(SCc1ccc(Cl)cc1)C(C)(Oc1ccc(Oc2ccc(C(F)(F)F)cc2)cc1)C(=O)O. The van der Waals surface area contributed by atoms with E-state index in [4.69, 9.17) is 21.1 Å². The number of rotatable bonds is 9. The first-order valence-electron chi connectivity index (χ1n) is 10.2. The maximum Gasteiger partial charge on any atom is 0.416 e. The number of benzene rings is 3. The Kier molecular flexibility index (Phi) is 8.05. The molecule has 9 heteroatoms. The van der Waals surface area contributed by atoms with E-state index in [-0.39, 0.29) is 5.75 Å². The molecule has 0 radical (unpaired) electrons. The summed E-state index contributed by atoms with van der Waals surface area (Å²) >= 11 is 7.35. The highest BCUT2D eigenvalue weighted by Crippen LogP contribution is 2.34. The standard InChI is InChI=1S/C25H22ClF3O4S/c1-16(34-15-17-3-7-19(26)8-4-17)24(2,23(30)31)33-22-13-11-21(12-14-22)32-20-9-5-18(6-10-20)25(27,28)29/h3-14,16H,15H2,1-2H3,(H,30,31). The lowest BCUT2D eigenvalue weighted by atomic mass is 10.0. The average molecular weight is 511 g/mol. The Labute approximate surface area is 204 Å². The first-order chi connectivity index (χ1) is 16.0. The van der Waals surface area contributed by atoms with E-state index in [1.54, 1.807) is 43.3 Å². The Balaban J connectivity index is 1.64. The Bertz CT molecular complexity index is 1100. The predicted molar refractivity (Wildman–Crippen MR) is 127 cm³/mol. The van der Waals surface area contributed by atoms with E-state index in [1.807, 2.05) is 12.1 Å². The van der Waals surface area contributed by atoms with Crippen LogP contribution >= 0.6 is 23.4 Å². The van der Waals surface area contributed by atoms with Crippen molar-refractivity contribution in [2.24, 2.45) is 0 Å². The fourth-order valence-corrected chi connectivity index (χ4v) is 4.16. The van der Waals surface area contributed by atoms with Gasteiger partial charge in [-0.25, -0.2) is 4.79 Å². The quantitative estimate of drug-likeness (QED) is 0.319. The molecule has 0 aliphatic heterocycles. The topological polar surface area (TPSA) is 55.8 Å². The van der Waals surface area contributed by atoms with E-state index in [2.05, 4.69) is 0 Å². The molecule has 0 heterocycles. The zero-order valence-electron chi connectivity index (χ0n) is 18.3. The minimum atomic E-state index is -4.42. The normalized spacial score (nSPS) is 14.2. The molecular weight excluding hydrogens is 489 g/mol. The summed E-state index contributed by atoms with van der Waals surface area (Å²) in [5.41, 5.74) is -1.26. The Morgan fingerprint density at radius 3 is 1.94 bits per heavy atom. The molecule has 0 amide bonds. The highest BCUT2D eigenvalue weighted by Gasteiger charge is 2.42. The molecule has 3 aromatic rings. The van der Waals surface area contributed by atoms with Crippen LogP contribution in [0.3, 0.4) is 0 Å². The Hall–Kier alpha value is -2.84. The van der Waals surface area contributed by atoms with Crippen LogP contribution in [0.2, 0.25) is 5.02 Å². The highest BCUT2D eigenvalue weighted by molar-refractivity contribution is 7.99. The zero-order chi connectivity index (χ0) is 24.9. The van der Waals surface area contributed by atoms with Crippen LogP contribution in [0.15, 0.2) is 72.8 Å². The molecule has 3 aromatic carbocycles. The molecule has 0 bridgehead atoms. The molecule has 0 saturated heterocycles. The van der Waals surface area contributed by atoms with E-state index in [0.29, 0.717) is 22.3 Å². The van der Waals surface area contributed by atoms with Crippen molar-refractivity contribution >= 4 is 29.3 Å². The summed E-state index contributed by atoms with van der Waals surface area (Å²) in [5, 5.41) is 10.1. The number of aliphatic carboxylic acids is 1. The molecule has 2 unspecified atom stereocenters. The molecule has 0 aliphatic carbocycles. The predicted octanol–water partition coefficient (Wildman–Crippen LogP) is 7.70. The number of thioether (sulfide) groups is 1. The average Bonchev–Trinajstić information content (AvgIpc) is 2.79. The Morgan fingerprint density at radius 2 is 1.44 bits per heavy atom. The number of hydrogen-bond acceptors (Lipinski definition) is 4. The third-order valence-corrected chi connectivity index (χ3v) is 6.89. The number of ether oxygens (including phenoxy) is 2. The second kappa shape index (κ2) is 10.6. The van der Waals surface area contributed by atoms with Crippen LogP contribution in [-0.2, 0) is 16.7 Å². The number of hydrogen-bond donors (Lipinski definition) is 1. The van der Waals surface area contributed by atoms with Crippen LogP contribution in [0.4, 0.5) is 13.2 Å². The van der Waals surface area contributed by atoms with Crippen LogP contribution in [0.25, 0.3) is 0 Å². The monoisotopic (exact) mass is 510 g/mol. The minimum absolute atomic E-state index is 0.240. The Morgan fingerprint density at radius 1 is 0.941 bits per heavy atom. The second-order valence-corrected chi connectivity index (χ2v) is 9.46. The van der Waals surface area contributed by atoms with E-state index in [9.17, 15) is 23.1 Å². The summed E-state index contributed by atoms with van der Waals surface area (Å²) in [5.74, 6) is 0.417. The molecule has 2 atom stereocenters. The lowest BCUT2D eigenvalue weighted by molar-refractivity contribution is -0.153. The van der Waals surface area contributed by atoms with E-state index in [0.717, 1.165) is 17.7 Å². The molecule has 0 fully saturated rings. The van der Waals surface area contributed by atoms with Gasteiger partial charge in [0.1, 0.15) is 17.2 Å². The number of carboxylic acid groups (broad SMARTS) is 1. The van der Waals surface area contributed by atoms with Crippen molar-refractivity contribution < 1.29 is 32.5 Å². The van der Waals surface area contributed by atoms with Gasteiger partial charge in [0.15, 0.2) is 0 Å². The number of carbonyl (C=O) groups is 1. The van der Waals surface area contributed by atoms with Crippen molar-refractivity contribution in [1.29, 1.82) is 0 Å². The van der Waals surface area contributed by atoms with Crippen molar-refractivity contribution in [3.05, 3.63) is 88.9 Å². The molecule has 0 spiro atoms. The van der Waals surface area contributed by atoms with Gasteiger partial charge >= 0.3 is 12.1 Å². The number of halogens is 4. The molecule has 1 N–H and O–H groups in total. The minimum Gasteiger partial charge on any atom is -0.478 e. The van der Waals surface area contributed by atoms with Gasteiger partial charge in [0.2, 0.25) is 5.60 Å². The highest BCUT2D eigenvalue weighted by atomic mass is 35.5.